The number of nitrogens with zero attached hydrogens (tertiary/aromatic N) is 4. The Hall–Kier alpha value is -2.50. The number of anilines is 1. The van der Waals surface area contributed by atoms with E-state index in [-0.39, 0.29) is 36.2 Å². The summed E-state index contributed by atoms with van der Waals surface area (Å²) in [7, 11) is 3.42. The first kappa shape index (κ1) is 26.1. The molecule has 2 aromatic rings. The van der Waals surface area contributed by atoms with E-state index in [0.29, 0.717) is 36.9 Å². The molecule has 0 amide bonds. The van der Waals surface area contributed by atoms with Crippen LogP contribution in [0, 0.1) is 5.92 Å². The van der Waals surface area contributed by atoms with E-state index in [0.717, 1.165) is 38.5 Å². The third kappa shape index (κ3) is 6.77. The molecule has 3 rings (SSSR count). The van der Waals surface area contributed by atoms with E-state index < -0.39 is 0 Å². The lowest BCUT2D eigenvalue weighted by atomic mass is 10.1. The predicted molar refractivity (Wildman–Crippen MR) is 127 cm³/mol. The fraction of sp³-hybridized carbons (Fsp3) is 0.739. The van der Waals surface area contributed by atoms with Crippen LogP contribution in [-0.4, -0.2) is 71.6 Å². The zero-order valence-corrected chi connectivity index (χ0v) is 20.7. The number of hydrogen-bond donors (Lipinski definition) is 2. The van der Waals surface area contributed by atoms with Crippen molar-refractivity contribution >= 4 is 23.1 Å². The summed E-state index contributed by atoms with van der Waals surface area (Å²) in [6.07, 6.45) is 7.26. The van der Waals surface area contributed by atoms with E-state index in [2.05, 4.69) is 27.2 Å². The lowest BCUT2D eigenvalue weighted by Gasteiger charge is -2.17. The number of fused-ring (bicyclic) bond motifs is 1. The molecule has 11 nitrogen and oxygen atoms in total. The normalized spacial score (nSPS) is 21.1. The monoisotopic (exact) mass is 478 g/mol. The molecule has 3 N–H and O–H groups in total. The summed E-state index contributed by atoms with van der Waals surface area (Å²) in [5, 5.41) is 2.87. The van der Waals surface area contributed by atoms with Crippen LogP contribution in [0.2, 0.25) is 0 Å². The lowest BCUT2D eigenvalue weighted by molar-refractivity contribution is -0.145. The van der Waals surface area contributed by atoms with Crippen molar-refractivity contribution in [1.82, 2.24) is 24.8 Å². The molecule has 0 saturated carbocycles. The molecule has 0 aliphatic carbocycles. The van der Waals surface area contributed by atoms with E-state index in [1.54, 1.807) is 27.4 Å². The number of ether oxygens (including phenoxy) is 4. The number of carbonyl (C=O) groups excluding carboxylic acids is 1. The number of esters is 1. The summed E-state index contributed by atoms with van der Waals surface area (Å²) in [6.45, 7) is 5.45. The molecule has 4 unspecified atom stereocenters. The molecule has 1 fully saturated rings. The molecule has 34 heavy (non-hydrogen) atoms. The average Bonchev–Trinajstić information content (AvgIpc) is 3.39. The molecule has 0 aromatic carbocycles. The van der Waals surface area contributed by atoms with Gasteiger partial charge in [0.05, 0.1) is 32.3 Å². The molecule has 4 atom stereocenters. The Morgan fingerprint density at radius 3 is 2.74 bits per heavy atom. The Morgan fingerprint density at radius 2 is 2.00 bits per heavy atom. The maximum absolute atomic E-state index is 11.6. The highest BCUT2D eigenvalue weighted by Gasteiger charge is 2.34. The molecule has 190 valence electrons. The number of rotatable bonds is 14. The minimum atomic E-state index is -0.271. The number of nitrogens with one attached hydrogen (secondary N) is 1. The van der Waals surface area contributed by atoms with Crippen LogP contribution < -0.4 is 15.8 Å². The molecule has 2 aromatic heterocycles. The second kappa shape index (κ2) is 12.8. The highest BCUT2D eigenvalue weighted by Crippen LogP contribution is 2.36. The molecule has 1 saturated heterocycles. The minimum absolute atomic E-state index is 0.0429. The molecular weight excluding hydrogens is 440 g/mol. The van der Waals surface area contributed by atoms with Crippen LogP contribution >= 0.6 is 0 Å². The van der Waals surface area contributed by atoms with Gasteiger partial charge < -0.3 is 30.0 Å². The first-order valence-corrected chi connectivity index (χ1v) is 12.1. The van der Waals surface area contributed by atoms with Gasteiger partial charge in [-0.1, -0.05) is 26.2 Å². The zero-order chi connectivity index (χ0) is 24.5. The number of likely N-dealkylation sites (N-methyl/N-ethyl adjacent to an activating group) is 1. The topological polar surface area (TPSA) is 136 Å². The van der Waals surface area contributed by atoms with Crippen molar-refractivity contribution in [3.05, 3.63) is 6.33 Å². The summed E-state index contributed by atoms with van der Waals surface area (Å²) < 4.78 is 24.4. The minimum Gasteiger partial charge on any atom is -0.476 e. The molecule has 0 radical (unpaired) electrons. The number of carbonyl (C=O) groups is 1. The third-order valence-corrected chi connectivity index (χ3v) is 6.05. The third-order valence-electron chi connectivity index (χ3n) is 6.05. The van der Waals surface area contributed by atoms with Gasteiger partial charge in [-0.2, -0.15) is 9.97 Å². The number of nitrogen functional groups attached to an aromatic ring is 1. The van der Waals surface area contributed by atoms with Crippen molar-refractivity contribution in [3.8, 4) is 5.88 Å². The molecule has 11 heteroatoms. The van der Waals surface area contributed by atoms with Crippen molar-refractivity contribution in [2.75, 3.05) is 39.7 Å². The van der Waals surface area contributed by atoms with Gasteiger partial charge in [0.25, 0.3) is 0 Å². The fourth-order valence-electron chi connectivity index (χ4n) is 4.06. The second-order valence-corrected chi connectivity index (χ2v) is 8.82. The van der Waals surface area contributed by atoms with E-state index in [4.69, 9.17) is 24.7 Å². The number of imidazole rings is 1. The Balaban J connectivity index is 1.45. The summed E-state index contributed by atoms with van der Waals surface area (Å²) in [5.41, 5.74) is 7.16. The fourth-order valence-corrected chi connectivity index (χ4v) is 4.06. The van der Waals surface area contributed by atoms with Gasteiger partial charge in [0, 0.05) is 13.0 Å². The largest absolute Gasteiger partial charge is 0.476 e. The van der Waals surface area contributed by atoms with Gasteiger partial charge >= 0.3 is 5.97 Å². The number of nitrogens with two attached hydrogens (primary N) is 1. The van der Waals surface area contributed by atoms with Gasteiger partial charge in [-0.15, -0.1) is 0 Å². The van der Waals surface area contributed by atoms with E-state index in [9.17, 15) is 4.79 Å². The Labute approximate surface area is 200 Å². The molecule has 1 aliphatic rings. The number of methoxy groups -OCH3 is 1. The van der Waals surface area contributed by atoms with Gasteiger partial charge in [-0.05, 0) is 33.2 Å². The first-order valence-electron chi connectivity index (χ1n) is 12.1. The van der Waals surface area contributed by atoms with Crippen molar-refractivity contribution in [2.24, 2.45) is 5.92 Å². The Kier molecular flexibility index (Phi) is 9.85. The van der Waals surface area contributed by atoms with E-state index in [1.165, 1.54) is 0 Å². The van der Waals surface area contributed by atoms with Gasteiger partial charge in [0.2, 0.25) is 11.8 Å². The van der Waals surface area contributed by atoms with Crippen LogP contribution in [0.3, 0.4) is 0 Å². The SMILES string of the molecule is CNC(C)C(=O)OCCCCCCCOc1nc(N)nc2c1ncn2C1OC(COC)CC1C. The van der Waals surface area contributed by atoms with Crippen LogP contribution in [0.4, 0.5) is 5.95 Å². The second-order valence-electron chi connectivity index (χ2n) is 8.82. The molecular formula is C23H38N6O5. The van der Waals surface area contributed by atoms with Gasteiger partial charge in [0.1, 0.15) is 12.3 Å². The quantitative estimate of drug-likeness (QED) is 0.308. The number of hydrogen-bond acceptors (Lipinski definition) is 10. The zero-order valence-electron chi connectivity index (χ0n) is 20.7. The van der Waals surface area contributed by atoms with Gasteiger partial charge in [-0.25, -0.2) is 4.98 Å². The lowest BCUT2D eigenvalue weighted by Crippen LogP contribution is -2.32. The summed E-state index contributed by atoms with van der Waals surface area (Å²) >= 11 is 0. The summed E-state index contributed by atoms with van der Waals surface area (Å²) in [5.74, 6) is 0.613. The highest BCUT2D eigenvalue weighted by molar-refractivity contribution is 5.77. The van der Waals surface area contributed by atoms with E-state index >= 15 is 0 Å². The van der Waals surface area contributed by atoms with Crippen LogP contribution in [0.1, 0.15) is 58.6 Å². The van der Waals surface area contributed by atoms with Crippen molar-refractivity contribution in [1.29, 1.82) is 0 Å². The van der Waals surface area contributed by atoms with Crippen LogP contribution in [0.15, 0.2) is 6.33 Å². The summed E-state index contributed by atoms with van der Waals surface area (Å²) in [6, 6.07) is -0.271. The number of aromatic nitrogens is 4. The predicted octanol–water partition coefficient (Wildman–Crippen LogP) is 2.46. The molecule has 0 spiro atoms. The van der Waals surface area contributed by atoms with Crippen molar-refractivity contribution < 1.29 is 23.7 Å². The standard InChI is InChI=1S/C23H38N6O5/c1-15-12-17(13-31-4)34-21(15)29-14-26-18-19(29)27-23(24)28-20(18)32-10-8-6-5-7-9-11-33-22(30)16(2)25-3/h14-17,21,25H,5-13H2,1-4H3,(H2,24,27,28). The maximum atomic E-state index is 11.6. The summed E-state index contributed by atoms with van der Waals surface area (Å²) in [4.78, 5) is 24.7. The molecule has 3 heterocycles. The van der Waals surface area contributed by atoms with Crippen LogP contribution in [0.5, 0.6) is 5.88 Å². The van der Waals surface area contributed by atoms with Crippen LogP contribution in [-0.2, 0) is 19.0 Å². The average molecular weight is 479 g/mol. The van der Waals surface area contributed by atoms with Crippen molar-refractivity contribution in [2.45, 2.75) is 70.7 Å². The molecule has 1 aliphatic heterocycles. The maximum Gasteiger partial charge on any atom is 0.322 e. The number of unbranched alkanes of at least 4 members (excludes halogenated alkanes) is 4. The van der Waals surface area contributed by atoms with Gasteiger partial charge in [-0.3, -0.25) is 9.36 Å². The Bertz CT molecular complexity index is 923. The Morgan fingerprint density at radius 1 is 1.26 bits per heavy atom. The van der Waals surface area contributed by atoms with E-state index in [1.807, 2.05) is 4.57 Å². The first-order chi connectivity index (χ1) is 16.4. The van der Waals surface area contributed by atoms with Crippen LogP contribution in [0.25, 0.3) is 11.2 Å². The molecule has 0 bridgehead atoms. The smallest absolute Gasteiger partial charge is 0.322 e. The van der Waals surface area contributed by atoms with Gasteiger partial charge in [0.15, 0.2) is 11.2 Å². The highest BCUT2D eigenvalue weighted by atomic mass is 16.5. The van der Waals surface area contributed by atoms with Crippen molar-refractivity contribution in [3.63, 3.8) is 0 Å².